The number of benzene rings is 1. The van der Waals surface area contributed by atoms with Gasteiger partial charge >= 0.3 is 0 Å². The molecule has 1 aromatic carbocycles. The zero-order valence-electron chi connectivity index (χ0n) is 14.3. The molecule has 0 unspecified atom stereocenters. The number of carbonyl (C=O) groups is 1. The number of nitrogens with one attached hydrogen (secondary N) is 2. The first-order chi connectivity index (χ1) is 12.6. The summed E-state index contributed by atoms with van der Waals surface area (Å²) in [5.41, 5.74) is 2.30. The first-order valence-electron chi connectivity index (χ1n) is 8.22. The van der Waals surface area contributed by atoms with E-state index in [1.54, 1.807) is 30.9 Å². The minimum Gasteiger partial charge on any atom is -0.352 e. The molecule has 26 heavy (non-hydrogen) atoms. The lowest BCUT2D eigenvalue weighted by atomic mass is 10.2. The van der Waals surface area contributed by atoms with Gasteiger partial charge in [0, 0.05) is 42.9 Å². The Morgan fingerprint density at radius 2 is 2.08 bits per heavy atom. The molecular formula is C18H19BrN6O. The van der Waals surface area contributed by atoms with Gasteiger partial charge in [-0.05, 0) is 53.5 Å². The van der Waals surface area contributed by atoms with Gasteiger partial charge < -0.3 is 15.2 Å². The Labute approximate surface area is 160 Å². The molecule has 0 radical (unpaired) electrons. The monoisotopic (exact) mass is 414 g/mol. The Bertz CT molecular complexity index is 864. The topological polar surface area (TPSA) is 84.7 Å². The number of hydrogen-bond acceptors (Lipinski definition) is 5. The van der Waals surface area contributed by atoms with Gasteiger partial charge in [0.05, 0.1) is 16.5 Å². The van der Waals surface area contributed by atoms with Crippen molar-refractivity contribution in [3.05, 3.63) is 64.9 Å². The predicted molar refractivity (Wildman–Crippen MR) is 103 cm³/mol. The fourth-order valence-corrected chi connectivity index (χ4v) is 2.52. The molecule has 0 fully saturated rings. The summed E-state index contributed by atoms with van der Waals surface area (Å²) in [6.07, 6.45) is 7.97. The van der Waals surface area contributed by atoms with Crippen molar-refractivity contribution < 1.29 is 4.79 Å². The summed E-state index contributed by atoms with van der Waals surface area (Å²) < 4.78 is 2.85. The Morgan fingerprint density at radius 3 is 2.77 bits per heavy atom. The van der Waals surface area contributed by atoms with Crippen molar-refractivity contribution in [1.82, 2.24) is 24.8 Å². The maximum Gasteiger partial charge on any atom is 0.251 e. The molecular weight excluding hydrogens is 396 g/mol. The summed E-state index contributed by atoms with van der Waals surface area (Å²) >= 11 is 3.38. The molecule has 7 nitrogen and oxygen atoms in total. The van der Waals surface area contributed by atoms with E-state index in [4.69, 9.17) is 0 Å². The molecule has 1 amide bonds. The Balaban J connectivity index is 1.49. The van der Waals surface area contributed by atoms with Gasteiger partial charge in [-0.15, -0.1) is 0 Å². The lowest BCUT2D eigenvalue weighted by Crippen LogP contribution is -2.25. The highest BCUT2D eigenvalue weighted by Gasteiger charge is 2.06. The van der Waals surface area contributed by atoms with Gasteiger partial charge in [-0.2, -0.15) is 0 Å². The summed E-state index contributed by atoms with van der Waals surface area (Å²) in [4.78, 5) is 24.7. The van der Waals surface area contributed by atoms with Crippen LogP contribution in [0.15, 0.2) is 53.7 Å². The summed E-state index contributed by atoms with van der Waals surface area (Å²) in [5, 5.41) is 6.04. The van der Waals surface area contributed by atoms with E-state index in [2.05, 4.69) is 41.5 Å². The highest BCUT2D eigenvalue weighted by molar-refractivity contribution is 9.10. The van der Waals surface area contributed by atoms with Gasteiger partial charge in [-0.1, -0.05) is 0 Å². The van der Waals surface area contributed by atoms with Gasteiger partial charge in [-0.25, -0.2) is 15.0 Å². The number of carbonyl (C=O) groups excluding carboxylic acids is 1. The third-order valence-corrected chi connectivity index (χ3v) is 4.54. The Hall–Kier alpha value is -2.74. The second kappa shape index (κ2) is 8.57. The van der Waals surface area contributed by atoms with E-state index in [0.717, 1.165) is 28.8 Å². The van der Waals surface area contributed by atoms with E-state index in [0.29, 0.717) is 18.1 Å². The van der Waals surface area contributed by atoms with Crippen molar-refractivity contribution in [2.24, 2.45) is 0 Å². The number of rotatable bonds is 7. The van der Waals surface area contributed by atoms with E-state index >= 15 is 0 Å². The van der Waals surface area contributed by atoms with Gasteiger partial charge in [-0.3, -0.25) is 4.79 Å². The molecule has 0 spiro atoms. The fourth-order valence-electron chi connectivity index (χ4n) is 2.33. The molecule has 0 aliphatic rings. The maximum atomic E-state index is 12.2. The normalized spacial score (nSPS) is 10.5. The first kappa shape index (κ1) is 18.1. The number of nitrogens with zero attached hydrogens (tertiary/aromatic N) is 4. The zero-order valence-corrected chi connectivity index (χ0v) is 15.9. The number of anilines is 2. The second-order valence-electron chi connectivity index (χ2n) is 5.74. The molecule has 0 saturated carbocycles. The smallest absolute Gasteiger partial charge is 0.251 e. The van der Waals surface area contributed by atoms with E-state index in [1.807, 2.05) is 29.8 Å². The number of hydrogen-bond donors (Lipinski definition) is 2. The first-order valence-corrected chi connectivity index (χ1v) is 9.01. The molecule has 0 saturated heterocycles. The van der Waals surface area contributed by atoms with Crippen LogP contribution in [0.2, 0.25) is 0 Å². The molecule has 2 heterocycles. The summed E-state index contributed by atoms with van der Waals surface area (Å²) in [6, 6.07) is 7.22. The van der Waals surface area contributed by atoms with Crippen LogP contribution in [0, 0.1) is 6.92 Å². The average molecular weight is 415 g/mol. The van der Waals surface area contributed by atoms with Crippen LogP contribution in [0.1, 0.15) is 22.5 Å². The highest BCUT2D eigenvalue weighted by atomic mass is 79.9. The third kappa shape index (κ3) is 4.89. The number of halogens is 1. The van der Waals surface area contributed by atoms with Crippen molar-refractivity contribution in [1.29, 1.82) is 0 Å². The molecule has 2 N–H and O–H groups in total. The van der Waals surface area contributed by atoms with E-state index in [9.17, 15) is 4.79 Å². The molecule has 3 aromatic rings. The number of amides is 1. The quantitative estimate of drug-likeness (QED) is 0.579. The molecule has 134 valence electrons. The lowest BCUT2D eigenvalue weighted by molar-refractivity contribution is 0.0953. The van der Waals surface area contributed by atoms with Crippen LogP contribution in [0.5, 0.6) is 0 Å². The van der Waals surface area contributed by atoms with E-state index in [-0.39, 0.29) is 5.91 Å². The number of aromatic nitrogens is 4. The van der Waals surface area contributed by atoms with E-state index in [1.165, 1.54) is 0 Å². The van der Waals surface area contributed by atoms with Crippen molar-refractivity contribution in [3.63, 3.8) is 0 Å². The number of aryl methyl sites for hydroxylation is 2. The minimum atomic E-state index is -0.0853. The standard InChI is InChI=1S/C18H19BrN6O/c1-13-16(19)11-22-18(23-13)24-15-5-3-14(4-6-15)17(26)21-7-2-9-25-10-8-20-12-25/h3-6,8,10-12H,2,7,9H2,1H3,(H,21,26)(H,22,23,24). The fraction of sp³-hybridized carbons (Fsp3) is 0.222. The largest absolute Gasteiger partial charge is 0.352 e. The zero-order chi connectivity index (χ0) is 18.4. The van der Waals surface area contributed by atoms with Crippen molar-refractivity contribution >= 4 is 33.5 Å². The van der Waals surface area contributed by atoms with Crippen LogP contribution in [0.4, 0.5) is 11.6 Å². The van der Waals surface area contributed by atoms with Crippen LogP contribution >= 0.6 is 15.9 Å². The van der Waals surface area contributed by atoms with Crippen LogP contribution in [-0.4, -0.2) is 32.0 Å². The van der Waals surface area contributed by atoms with Crippen LogP contribution in [-0.2, 0) is 6.54 Å². The van der Waals surface area contributed by atoms with Crippen molar-refractivity contribution in [3.8, 4) is 0 Å². The molecule has 2 aromatic heterocycles. The molecule has 0 atom stereocenters. The summed E-state index contributed by atoms with van der Waals surface area (Å²) in [6.45, 7) is 3.34. The van der Waals surface area contributed by atoms with Crippen molar-refractivity contribution in [2.75, 3.05) is 11.9 Å². The van der Waals surface area contributed by atoms with Crippen LogP contribution in [0.25, 0.3) is 0 Å². The molecule has 3 rings (SSSR count). The molecule has 0 aliphatic carbocycles. The molecule has 0 bridgehead atoms. The van der Waals surface area contributed by atoms with Gasteiger partial charge in [0.1, 0.15) is 0 Å². The van der Waals surface area contributed by atoms with Crippen LogP contribution < -0.4 is 10.6 Å². The SMILES string of the molecule is Cc1nc(Nc2ccc(C(=O)NCCCn3ccnc3)cc2)ncc1Br. The summed E-state index contributed by atoms with van der Waals surface area (Å²) in [7, 11) is 0. The van der Waals surface area contributed by atoms with Crippen LogP contribution in [0.3, 0.4) is 0 Å². The van der Waals surface area contributed by atoms with E-state index < -0.39 is 0 Å². The van der Waals surface area contributed by atoms with Gasteiger partial charge in [0.15, 0.2) is 0 Å². The second-order valence-corrected chi connectivity index (χ2v) is 6.59. The Kier molecular flexibility index (Phi) is 5.96. The maximum absolute atomic E-state index is 12.2. The highest BCUT2D eigenvalue weighted by Crippen LogP contribution is 2.17. The predicted octanol–water partition coefficient (Wildman–Crippen LogP) is 3.31. The average Bonchev–Trinajstić information content (AvgIpc) is 3.16. The third-order valence-electron chi connectivity index (χ3n) is 3.76. The minimum absolute atomic E-state index is 0.0853. The summed E-state index contributed by atoms with van der Waals surface area (Å²) in [5.74, 6) is 0.431. The molecule has 8 heteroatoms. The van der Waals surface area contributed by atoms with Gasteiger partial charge in [0.2, 0.25) is 5.95 Å². The lowest BCUT2D eigenvalue weighted by Gasteiger charge is -2.08. The molecule has 0 aliphatic heterocycles. The Morgan fingerprint density at radius 1 is 1.27 bits per heavy atom. The van der Waals surface area contributed by atoms with Crippen molar-refractivity contribution in [2.45, 2.75) is 19.9 Å². The van der Waals surface area contributed by atoms with Gasteiger partial charge in [0.25, 0.3) is 5.91 Å². The number of imidazole rings is 1.